The third-order valence-corrected chi connectivity index (χ3v) is 5.54. The van der Waals surface area contributed by atoms with E-state index in [0.29, 0.717) is 0 Å². The lowest BCUT2D eigenvalue weighted by molar-refractivity contribution is -0.140. The average Bonchev–Trinajstić information content (AvgIpc) is 2.26. The van der Waals surface area contributed by atoms with E-state index in [0.717, 1.165) is 25.5 Å². The van der Waals surface area contributed by atoms with Gasteiger partial charge in [0.25, 0.3) is 0 Å². The first kappa shape index (κ1) is 11.5. The molecule has 0 amide bonds. The van der Waals surface area contributed by atoms with Gasteiger partial charge in [-0.05, 0) is 18.9 Å². The Morgan fingerprint density at radius 3 is 3.00 bits per heavy atom. The van der Waals surface area contributed by atoms with Crippen LogP contribution >= 0.6 is 0 Å². The zero-order chi connectivity index (χ0) is 10.4. The monoisotopic (exact) mass is 214 g/mol. The molecule has 80 valence electrons. The highest BCUT2D eigenvalue weighted by atomic mass is 28.3. The van der Waals surface area contributed by atoms with Gasteiger partial charge < -0.3 is 9.16 Å². The summed E-state index contributed by atoms with van der Waals surface area (Å²) in [5.74, 6) is -0.321. The van der Waals surface area contributed by atoms with Gasteiger partial charge in [0.2, 0.25) is 9.04 Å². The summed E-state index contributed by atoms with van der Waals surface area (Å²) in [6.45, 7) is 6.27. The van der Waals surface area contributed by atoms with Gasteiger partial charge in [0.1, 0.15) is 5.73 Å². The summed E-state index contributed by atoms with van der Waals surface area (Å²) in [6.07, 6.45) is 4.45. The molecule has 1 saturated heterocycles. The van der Waals surface area contributed by atoms with Gasteiger partial charge in [-0.3, -0.25) is 0 Å². The summed E-state index contributed by atoms with van der Waals surface area (Å²) in [5, 5.41) is 0. The highest BCUT2D eigenvalue weighted by Crippen LogP contribution is 2.17. The van der Waals surface area contributed by atoms with Crippen LogP contribution in [0.25, 0.3) is 0 Å². The molecule has 0 spiro atoms. The molecule has 3 nitrogen and oxygen atoms in total. The van der Waals surface area contributed by atoms with Gasteiger partial charge in [-0.25, -0.2) is 4.79 Å². The molecular weight excluding hydrogens is 196 g/mol. The van der Waals surface area contributed by atoms with Crippen LogP contribution in [0.2, 0.25) is 6.04 Å². The van der Waals surface area contributed by atoms with E-state index in [1.54, 1.807) is 0 Å². The van der Waals surface area contributed by atoms with Crippen LogP contribution in [-0.2, 0) is 14.0 Å². The maximum Gasteiger partial charge on any atom is 0.330 e. The van der Waals surface area contributed by atoms with Gasteiger partial charge >= 0.3 is 5.97 Å². The first-order chi connectivity index (χ1) is 6.77. The minimum absolute atomic E-state index is 0.0285. The van der Waals surface area contributed by atoms with E-state index in [1.165, 1.54) is 12.5 Å². The lowest BCUT2D eigenvalue weighted by Gasteiger charge is -2.27. The summed E-state index contributed by atoms with van der Waals surface area (Å²) in [5.41, 5.74) is 0.0285. The Balaban J connectivity index is 2.42. The van der Waals surface area contributed by atoms with Crippen molar-refractivity contribution in [3.05, 3.63) is 12.7 Å². The average molecular weight is 214 g/mol. The summed E-state index contributed by atoms with van der Waals surface area (Å²) in [4.78, 5) is 11.1. The second kappa shape index (κ2) is 5.98. The molecule has 2 unspecified atom stereocenters. The Hall–Kier alpha value is -0.613. The van der Waals surface area contributed by atoms with E-state index in [2.05, 4.69) is 6.58 Å². The van der Waals surface area contributed by atoms with Crippen molar-refractivity contribution in [1.29, 1.82) is 0 Å². The fourth-order valence-electron chi connectivity index (χ4n) is 1.68. The summed E-state index contributed by atoms with van der Waals surface area (Å²) >= 11 is 0. The van der Waals surface area contributed by atoms with Crippen LogP contribution in [0.3, 0.4) is 0 Å². The normalized spacial score (nSPS) is 23.9. The minimum atomic E-state index is -1.30. The van der Waals surface area contributed by atoms with Gasteiger partial charge in [0.05, 0.1) is 0 Å². The molecule has 0 bridgehead atoms. The van der Waals surface area contributed by atoms with Gasteiger partial charge in [-0.2, -0.15) is 0 Å². The number of carbonyl (C=O) groups is 1. The maximum absolute atomic E-state index is 11.1. The van der Waals surface area contributed by atoms with Crippen molar-refractivity contribution in [2.24, 2.45) is 0 Å². The second-order valence-corrected chi connectivity index (χ2v) is 6.22. The highest BCUT2D eigenvalue weighted by molar-refractivity contribution is 6.53. The Labute approximate surface area is 86.8 Å². The predicted octanol–water partition coefficient (Wildman–Crippen LogP) is 1.57. The molecule has 0 aliphatic carbocycles. The third kappa shape index (κ3) is 3.27. The quantitative estimate of drug-likeness (QED) is 0.405. The molecule has 1 fully saturated rings. The molecular formula is C10H18O3Si. The summed E-state index contributed by atoms with van der Waals surface area (Å²) in [6, 6.07) is 1.13. The van der Waals surface area contributed by atoms with E-state index in [1.807, 2.05) is 6.92 Å². The topological polar surface area (TPSA) is 35.5 Å². The zero-order valence-corrected chi connectivity index (χ0v) is 9.85. The van der Waals surface area contributed by atoms with Crippen LogP contribution in [0.1, 0.15) is 26.2 Å². The lowest BCUT2D eigenvalue weighted by atomic mass is 10.4. The minimum Gasteiger partial charge on any atom is -0.460 e. The molecule has 1 rings (SSSR count). The number of hydrogen-bond donors (Lipinski definition) is 0. The first-order valence-corrected chi connectivity index (χ1v) is 7.18. The SMILES string of the molecule is C=CC(=O)OC(CC)[SiH]1CCCCO1. The molecule has 0 aromatic rings. The fraction of sp³-hybridized carbons (Fsp3) is 0.700. The number of carbonyl (C=O) groups excluding carboxylic acids is 1. The van der Waals surface area contributed by atoms with Gasteiger partial charge in [0, 0.05) is 12.7 Å². The smallest absolute Gasteiger partial charge is 0.330 e. The van der Waals surface area contributed by atoms with Crippen molar-refractivity contribution in [1.82, 2.24) is 0 Å². The molecule has 0 aromatic carbocycles. The van der Waals surface area contributed by atoms with E-state index >= 15 is 0 Å². The van der Waals surface area contributed by atoms with E-state index in [-0.39, 0.29) is 11.7 Å². The molecule has 0 saturated carbocycles. The largest absolute Gasteiger partial charge is 0.460 e. The van der Waals surface area contributed by atoms with Crippen molar-refractivity contribution < 1.29 is 14.0 Å². The number of rotatable bonds is 4. The molecule has 0 radical (unpaired) electrons. The van der Waals surface area contributed by atoms with Crippen LogP contribution in [0, 0.1) is 0 Å². The number of hydrogen-bond acceptors (Lipinski definition) is 3. The Morgan fingerprint density at radius 1 is 1.71 bits per heavy atom. The van der Waals surface area contributed by atoms with Crippen molar-refractivity contribution in [2.75, 3.05) is 6.61 Å². The number of ether oxygens (including phenoxy) is 1. The summed E-state index contributed by atoms with van der Waals surface area (Å²) in [7, 11) is -1.30. The van der Waals surface area contributed by atoms with Crippen molar-refractivity contribution in [3.63, 3.8) is 0 Å². The Bertz CT molecular complexity index is 200. The molecule has 0 aromatic heterocycles. The second-order valence-electron chi connectivity index (χ2n) is 3.49. The molecule has 2 atom stereocenters. The Kier molecular flexibility index (Phi) is 4.90. The van der Waals surface area contributed by atoms with Crippen molar-refractivity contribution in [3.8, 4) is 0 Å². The molecule has 4 heteroatoms. The van der Waals surface area contributed by atoms with Gasteiger partial charge in [-0.15, -0.1) is 0 Å². The van der Waals surface area contributed by atoms with Crippen LogP contribution in [-0.4, -0.2) is 27.3 Å². The third-order valence-electron chi connectivity index (χ3n) is 2.47. The maximum atomic E-state index is 11.1. The van der Waals surface area contributed by atoms with Crippen LogP contribution in [0.5, 0.6) is 0 Å². The predicted molar refractivity (Wildman–Crippen MR) is 57.5 cm³/mol. The lowest BCUT2D eigenvalue weighted by Crippen LogP contribution is -2.39. The van der Waals surface area contributed by atoms with E-state index in [9.17, 15) is 4.79 Å². The van der Waals surface area contributed by atoms with Gasteiger partial charge in [0.15, 0.2) is 0 Å². The molecule has 1 heterocycles. The molecule has 1 aliphatic heterocycles. The zero-order valence-electron chi connectivity index (χ0n) is 8.70. The van der Waals surface area contributed by atoms with Crippen LogP contribution in [0.4, 0.5) is 0 Å². The first-order valence-electron chi connectivity index (χ1n) is 5.22. The van der Waals surface area contributed by atoms with Crippen LogP contribution < -0.4 is 0 Å². The Morgan fingerprint density at radius 2 is 2.50 bits per heavy atom. The molecule has 14 heavy (non-hydrogen) atoms. The van der Waals surface area contributed by atoms with E-state index < -0.39 is 9.04 Å². The molecule has 0 N–H and O–H groups in total. The number of esters is 1. The highest BCUT2D eigenvalue weighted by Gasteiger charge is 2.27. The molecule has 1 aliphatic rings. The fourth-order valence-corrected chi connectivity index (χ4v) is 4.40. The van der Waals surface area contributed by atoms with E-state index in [4.69, 9.17) is 9.16 Å². The van der Waals surface area contributed by atoms with Gasteiger partial charge in [-0.1, -0.05) is 19.9 Å². The van der Waals surface area contributed by atoms with Crippen LogP contribution in [0.15, 0.2) is 12.7 Å². The van der Waals surface area contributed by atoms with Crippen molar-refractivity contribution >= 4 is 15.0 Å². The standard InChI is InChI=1S/C10H18O3Si/c1-3-9(11)13-10(4-2)14-8-6-5-7-12-14/h3,10,14H,1,4-8H2,2H3. The summed E-state index contributed by atoms with van der Waals surface area (Å²) < 4.78 is 11.0. The van der Waals surface area contributed by atoms with Crippen molar-refractivity contribution in [2.45, 2.75) is 38.0 Å².